The van der Waals surface area contributed by atoms with Crippen molar-refractivity contribution in [3.63, 3.8) is 0 Å². The van der Waals surface area contributed by atoms with Crippen LogP contribution in [0.15, 0.2) is 91.0 Å². The Hall–Kier alpha value is -5.68. The van der Waals surface area contributed by atoms with E-state index < -0.39 is 5.92 Å². The van der Waals surface area contributed by atoms with Crippen LogP contribution >= 0.6 is 0 Å². The van der Waals surface area contributed by atoms with E-state index in [1.165, 1.54) is 0 Å². The number of fused-ring (bicyclic) bond motifs is 10. The van der Waals surface area contributed by atoms with Gasteiger partial charge in [-0.25, -0.2) is 0 Å². The zero-order chi connectivity index (χ0) is 36.1. The van der Waals surface area contributed by atoms with E-state index >= 15 is 0 Å². The Morgan fingerprint density at radius 2 is 0.608 bits per heavy atom. The van der Waals surface area contributed by atoms with Crippen LogP contribution in [-0.4, -0.2) is 25.5 Å². The standard InChI is InChI=1S/C46H44O5/c1-25-11-31-21-33-13-26(2)15-35(43(33)48)23-37-17-28(4)19-39(45(37)50)41(30-9-7-6-8-10-30)40-20-29(5)18-38(46(40)51)24-36-16-27(3)14-34(44(36)49)22-32(12-25)42(31)47/h6-20,41,47-51H,21-24H2,1-5H3. The number of aryl methyl sites for hydroxylation is 5. The molecular weight excluding hydrogens is 633 g/mol. The third-order valence-corrected chi connectivity index (χ3v) is 10.2. The normalized spacial score (nSPS) is 13.2. The van der Waals surface area contributed by atoms with E-state index in [1.807, 2.05) is 126 Å². The molecule has 0 saturated carbocycles. The largest absolute Gasteiger partial charge is 0.507 e. The van der Waals surface area contributed by atoms with Crippen LogP contribution < -0.4 is 0 Å². The fraction of sp³-hybridized carbons (Fsp3) is 0.217. The van der Waals surface area contributed by atoms with Crippen LogP contribution in [0.3, 0.4) is 0 Å². The van der Waals surface area contributed by atoms with Crippen LogP contribution in [0.1, 0.15) is 94.9 Å². The molecule has 5 N–H and O–H groups in total. The first-order chi connectivity index (χ1) is 24.4. The lowest BCUT2D eigenvalue weighted by atomic mass is 9.80. The van der Waals surface area contributed by atoms with Crippen molar-refractivity contribution in [1.29, 1.82) is 0 Å². The van der Waals surface area contributed by atoms with E-state index in [0.29, 0.717) is 68.5 Å². The Morgan fingerprint density at radius 3 is 0.902 bits per heavy atom. The molecule has 6 aromatic carbocycles. The monoisotopic (exact) mass is 676 g/mol. The molecule has 0 spiro atoms. The Bertz CT molecular complexity index is 2180. The molecule has 0 aromatic heterocycles. The van der Waals surface area contributed by atoms with Gasteiger partial charge in [0.15, 0.2) is 0 Å². The molecule has 0 heterocycles. The molecule has 258 valence electrons. The number of hydrogen-bond donors (Lipinski definition) is 5. The Kier molecular flexibility index (Phi) is 8.76. The van der Waals surface area contributed by atoms with Crippen molar-refractivity contribution in [2.24, 2.45) is 0 Å². The van der Waals surface area contributed by atoms with Crippen molar-refractivity contribution in [1.82, 2.24) is 0 Å². The maximum absolute atomic E-state index is 12.1. The predicted molar refractivity (Wildman–Crippen MR) is 203 cm³/mol. The third-order valence-electron chi connectivity index (χ3n) is 10.2. The lowest BCUT2D eigenvalue weighted by Gasteiger charge is -2.25. The molecule has 0 unspecified atom stereocenters. The number of phenolic OH excluding ortho intramolecular Hbond substituents is 5. The summed E-state index contributed by atoms with van der Waals surface area (Å²) in [6.45, 7) is 9.93. The van der Waals surface area contributed by atoms with Crippen LogP contribution in [0, 0.1) is 34.6 Å². The molecule has 1 aliphatic carbocycles. The lowest BCUT2D eigenvalue weighted by molar-refractivity contribution is 0.448. The van der Waals surface area contributed by atoms with Crippen LogP contribution in [0.4, 0.5) is 0 Å². The first kappa shape index (κ1) is 33.8. The molecule has 6 aromatic rings. The minimum Gasteiger partial charge on any atom is -0.507 e. The molecule has 0 amide bonds. The van der Waals surface area contributed by atoms with Crippen LogP contribution in [-0.2, 0) is 25.7 Å². The Labute approximate surface area is 299 Å². The van der Waals surface area contributed by atoms with Crippen LogP contribution in [0.25, 0.3) is 0 Å². The van der Waals surface area contributed by atoms with Gasteiger partial charge in [0, 0.05) is 42.7 Å². The predicted octanol–water partition coefficient (Wildman–Crippen LogP) is 9.61. The number of aromatic hydroxyl groups is 5. The second kappa shape index (κ2) is 13.2. The van der Waals surface area contributed by atoms with Gasteiger partial charge in [-0.15, -0.1) is 0 Å². The average Bonchev–Trinajstić information content (AvgIpc) is 3.07. The fourth-order valence-electron chi connectivity index (χ4n) is 8.08. The highest BCUT2D eigenvalue weighted by Crippen LogP contribution is 2.45. The minimum absolute atomic E-state index is 0.107. The van der Waals surface area contributed by atoms with Crippen molar-refractivity contribution in [3.8, 4) is 28.7 Å². The molecule has 5 heteroatoms. The summed E-state index contributed by atoms with van der Waals surface area (Å²) in [6, 6.07) is 29.4. The first-order valence-electron chi connectivity index (χ1n) is 17.5. The van der Waals surface area contributed by atoms with Crippen molar-refractivity contribution in [2.75, 3.05) is 0 Å². The topological polar surface area (TPSA) is 101 Å². The van der Waals surface area contributed by atoms with Gasteiger partial charge in [-0.05, 0) is 84.7 Å². The van der Waals surface area contributed by atoms with Gasteiger partial charge in [0.1, 0.15) is 28.7 Å². The average molecular weight is 677 g/mol. The molecule has 0 saturated heterocycles. The minimum atomic E-state index is -0.506. The zero-order valence-electron chi connectivity index (χ0n) is 29.8. The summed E-state index contributed by atoms with van der Waals surface area (Å²) in [5.41, 5.74) is 12.4. The summed E-state index contributed by atoms with van der Waals surface area (Å²) in [4.78, 5) is 0. The molecule has 7 rings (SSSR count). The molecule has 0 aliphatic heterocycles. The maximum Gasteiger partial charge on any atom is 0.123 e. The Balaban J connectivity index is 1.53. The summed E-state index contributed by atoms with van der Waals surface area (Å²) >= 11 is 0. The quantitative estimate of drug-likeness (QED) is 0.119. The second-order valence-electron chi connectivity index (χ2n) is 14.6. The fourth-order valence-corrected chi connectivity index (χ4v) is 8.08. The van der Waals surface area contributed by atoms with Crippen LogP contribution in [0.5, 0.6) is 28.7 Å². The molecule has 1 aliphatic rings. The van der Waals surface area contributed by atoms with Gasteiger partial charge in [-0.2, -0.15) is 0 Å². The molecular formula is C46H44O5. The zero-order valence-corrected chi connectivity index (χ0v) is 29.8. The number of hydrogen-bond acceptors (Lipinski definition) is 5. The summed E-state index contributed by atoms with van der Waals surface area (Å²) in [6.07, 6.45) is 1.18. The number of rotatable bonds is 1. The smallest absolute Gasteiger partial charge is 0.123 e. The first-order valence-corrected chi connectivity index (χ1v) is 17.5. The van der Waals surface area contributed by atoms with Gasteiger partial charge in [-0.1, -0.05) is 119 Å². The van der Waals surface area contributed by atoms with Crippen molar-refractivity contribution >= 4 is 0 Å². The van der Waals surface area contributed by atoms with E-state index in [9.17, 15) is 25.5 Å². The van der Waals surface area contributed by atoms with Crippen molar-refractivity contribution in [3.05, 3.63) is 180 Å². The van der Waals surface area contributed by atoms with E-state index in [-0.39, 0.29) is 41.6 Å². The third kappa shape index (κ3) is 6.52. The van der Waals surface area contributed by atoms with Gasteiger partial charge >= 0.3 is 0 Å². The molecule has 5 nitrogen and oxygen atoms in total. The molecule has 0 fully saturated rings. The highest BCUT2D eigenvalue weighted by atomic mass is 16.3. The van der Waals surface area contributed by atoms with Gasteiger partial charge < -0.3 is 25.5 Å². The van der Waals surface area contributed by atoms with Gasteiger partial charge in [0.05, 0.1) is 0 Å². The highest BCUT2D eigenvalue weighted by Gasteiger charge is 2.27. The molecule has 0 atom stereocenters. The number of phenols is 5. The second-order valence-corrected chi connectivity index (χ2v) is 14.6. The summed E-state index contributed by atoms with van der Waals surface area (Å²) in [7, 11) is 0. The van der Waals surface area contributed by atoms with Gasteiger partial charge in [-0.3, -0.25) is 0 Å². The van der Waals surface area contributed by atoms with E-state index in [2.05, 4.69) is 0 Å². The van der Waals surface area contributed by atoms with E-state index in [0.717, 1.165) is 33.4 Å². The summed E-state index contributed by atoms with van der Waals surface area (Å²) < 4.78 is 0. The maximum atomic E-state index is 12.1. The molecule has 10 bridgehead atoms. The van der Waals surface area contributed by atoms with Gasteiger partial charge in [0.25, 0.3) is 0 Å². The van der Waals surface area contributed by atoms with Crippen molar-refractivity contribution < 1.29 is 25.5 Å². The van der Waals surface area contributed by atoms with Crippen molar-refractivity contribution in [2.45, 2.75) is 66.2 Å². The van der Waals surface area contributed by atoms with Gasteiger partial charge in [0.2, 0.25) is 0 Å². The summed E-state index contributed by atoms with van der Waals surface area (Å²) in [5.74, 6) is 0.0943. The number of benzene rings is 6. The van der Waals surface area contributed by atoms with E-state index in [1.54, 1.807) is 0 Å². The van der Waals surface area contributed by atoms with E-state index in [4.69, 9.17) is 0 Å². The summed E-state index contributed by atoms with van der Waals surface area (Å²) in [5, 5.41) is 59.4. The molecule has 0 radical (unpaired) electrons. The highest BCUT2D eigenvalue weighted by molar-refractivity contribution is 5.61. The molecule has 51 heavy (non-hydrogen) atoms. The lowest BCUT2D eigenvalue weighted by Crippen LogP contribution is -2.08. The Morgan fingerprint density at radius 1 is 0.353 bits per heavy atom. The SMILES string of the molecule is Cc1cc2c(O)c(c1)Cc1cc(C)cc(c1O)Cc1cc(C)cc(c1O)C(c1ccccc1)c1cc(C)cc(c1O)Cc1cc(C)cc(c1O)C2. The van der Waals surface area contributed by atoms with Crippen LogP contribution in [0.2, 0.25) is 0 Å².